The van der Waals surface area contributed by atoms with Gasteiger partial charge in [-0.2, -0.15) is 5.10 Å². The smallest absolute Gasteiger partial charge is 0.360 e. The Balaban J connectivity index is 1.64. The molecule has 3 rings (SSSR count). The summed E-state index contributed by atoms with van der Waals surface area (Å²) in [5.41, 5.74) is -0.424. The van der Waals surface area contributed by atoms with E-state index in [1.807, 2.05) is 0 Å². The highest BCUT2D eigenvalue weighted by Crippen LogP contribution is 2.35. The van der Waals surface area contributed by atoms with E-state index in [1.54, 1.807) is 24.3 Å². The average Bonchev–Trinajstić information content (AvgIpc) is 2.66. The first kappa shape index (κ1) is 20.0. The van der Waals surface area contributed by atoms with Crippen LogP contribution in [-0.4, -0.2) is 34.8 Å². The molecule has 1 aromatic carbocycles. The van der Waals surface area contributed by atoms with Crippen LogP contribution in [0.1, 0.15) is 50.5 Å². The van der Waals surface area contributed by atoms with Gasteiger partial charge in [-0.25, -0.2) is 14.7 Å². The third-order valence-electron chi connectivity index (χ3n) is 5.45. The van der Waals surface area contributed by atoms with Crippen LogP contribution < -0.4 is 5.56 Å². The third kappa shape index (κ3) is 4.40. The minimum atomic E-state index is -0.776. The topological polar surface area (TPSA) is 98.3 Å². The Kier molecular flexibility index (Phi) is 6.11. The summed E-state index contributed by atoms with van der Waals surface area (Å²) in [6.45, 7) is 5.94. The molecule has 150 valence electrons. The van der Waals surface area contributed by atoms with Gasteiger partial charge in [-0.05, 0) is 36.7 Å². The quantitative estimate of drug-likeness (QED) is 0.793. The van der Waals surface area contributed by atoms with Gasteiger partial charge in [0.1, 0.15) is 6.10 Å². The van der Waals surface area contributed by atoms with Crippen LogP contribution in [0.5, 0.6) is 0 Å². The molecule has 1 aromatic heterocycles. The number of nitrogens with zero attached hydrogens (tertiary/aromatic N) is 1. The summed E-state index contributed by atoms with van der Waals surface area (Å²) in [5, 5.41) is 6.77. The number of hydrogen-bond donors (Lipinski definition) is 1. The largest absolute Gasteiger partial charge is 0.460 e. The number of aromatic amines is 1. The molecule has 3 atom stereocenters. The van der Waals surface area contributed by atoms with Crippen molar-refractivity contribution in [2.75, 3.05) is 6.61 Å². The van der Waals surface area contributed by atoms with Gasteiger partial charge < -0.3 is 9.47 Å². The van der Waals surface area contributed by atoms with E-state index >= 15 is 0 Å². The molecule has 1 N–H and O–H groups in total. The summed E-state index contributed by atoms with van der Waals surface area (Å²) >= 11 is 0. The lowest BCUT2D eigenvalue weighted by atomic mass is 9.75. The Morgan fingerprint density at radius 2 is 1.93 bits per heavy atom. The van der Waals surface area contributed by atoms with Crippen LogP contribution in [-0.2, 0) is 14.3 Å². The predicted molar refractivity (Wildman–Crippen MR) is 104 cm³/mol. The number of rotatable bonds is 5. The number of hydrogen-bond acceptors (Lipinski definition) is 6. The lowest BCUT2D eigenvalue weighted by Gasteiger charge is -2.36. The first-order valence-corrected chi connectivity index (χ1v) is 9.70. The van der Waals surface area contributed by atoms with Crippen molar-refractivity contribution in [1.82, 2.24) is 10.2 Å². The monoisotopic (exact) mass is 386 g/mol. The lowest BCUT2D eigenvalue weighted by Crippen LogP contribution is -2.36. The van der Waals surface area contributed by atoms with Gasteiger partial charge in [0, 0.05) is 5.39 Å². The summed E-state index contributed by atoms with van der Waals surface area (Å²) < 4.78 is 10.7. The Morgan fingerprint density at radius 3 is 2.64 bits per heavy atom. The summed E-state index contributed by atoms with van der Waals surface area (Å²) in [7, 11) is 0. The standard InChI is InChI=1S/C21H26N2O5/c1-12(2)14-9-8-13(3)10-17(14)28-18(24)11-27-21(26)19-15-6-4-5-7-16(15)20(25)23-22-19/h4-7,12-14,17H,8-11H2,1-3H3,(H,23,25)/t13-,14-,17-/m1/s1. The number of benzene rings is 1. The van der Waals surface area contributed by atoms with Gasteiger partial charge >= 0.3 is 11.9 Å². The second-order valence-electron chi connectivity index (χ2n) is 7.88. The highest BCUT2D eigenvalue weighted by Gasteiger charge is 2.33. The fourth-order valence-corrected chi connectivity index (χ4v) is 3.92. The van der Waals surface area contributed by atoms with Crippen molar-refractivity contribution in [3.05, 3.63) is 40.3 Å². The van der Waals surface area contributed by atoms with Crippen LogP contribution in [0, 0.1) is 17.8 Å². The van der Waals surface area contributed by atoms with Crippen LogP contribution >= 0.6 is 0 Å². The molecule has 0 bridgehead atoms. The Labute approximate surface area is 163 Å². The third-order valence-corrected chi connectivity index (χ3v) is 5.45. The zero-order chi connectivity index (χ0) is 20.3. The number of carbonyl (C=O) groups is 2. The zero-order valence-electron chi connectivity index (χ0n) is 16.4. The van der Waals surface area contributed by atoms with Gasteiger partial charge in [0.2, 0.25) is 0 Å². The molecule has 2 aromatic rings. The molecular weight excluding hydrogens is 360 g/mol. The van der Waals surface area contributed by atoms with E-state index in [4.69, 9.17) is 9.47 Å². The zero-order valence-corrected chi connectivity index (χ0v) is 16.4. The Bertz CT molecular complexity index is 920. The average molecular weight is 386 g/mol. The molecule has 1 aliphatic rings. The number of nitrogens with one attached hydrogen (secondary N) is 1. The van der Waals surface area contributed by atoms with E-state index in [0.29, 0.717) is 28.5 Å². The van der Waals surface area contributed by atoms with Crippen LogP contribution in [0.2, 0.25) is 0 Å². The van der Waals surface area contributed by atoms with E-state index in [-0.39, 0.29) is 11.8 Å². The van der Waals surface area contributed by atoms with Gasteiger partial charge in [0.15, 0.2) is 12.3 Å². The van der Waals surface area contributed by atoms with Gasteiger partial charge in [0.25, 0.3) is 5.56 Å². The second kappa shape index (κ2) is 8.54. The Morgan fingerprint density at radius 1 is 1.21 bits per heavy atom. The SMILES string of the molecule is CC(C)[C@H]1CC[C@@H](C)C[C@H]1OC(=O)COC(=O)c1n[nH]c(=O)c2ccccc12. The van der Waals surface area contributed by atoms with Crippen molar-refractivity contribution in [2.24, 2.45) is 17.8 Å². The number of aromatic nitrogens is 2. The summed E-state index contributed by atoms with van der Waals surface area (Å²) in [5.74, 6) is -0.0917. The molecule has 0 radical (unpaired) electrons. The van der Waals surface area contributed by atoms with E-state index in [1.165, 1.54) is 0 Å². The first-order valence-electron chi connectivity index (χ1n) is 9.70. The van der Waals surface area contributed by atoms with E-state index in [2.05, 4.69) is 31.0 Å². The van der Waals surface area contributed by atoms with Gasteiger partial charge in [-0.3, -0.25) is 4.79 Å². The van der Waals surface area contributed by atoms with Gasteiger partial charge in [0.05, 0.1) is 5.39 Å². The highest BCUT2D eigenvalue weighted by atomic mass is 16.6. The number of fused-ring (bicyclic) bond motifs is 1. The normalized spacial score (nSPS) is 22.2. The molecule has 7 heteroatoms. The molecule has 1 saturated carbocycles. The lowest BCUT2D eigenvalue weighted by molar-refractivity contribution is -0.159. The van der Waals surface area contributed by atoms with Gasteiger partial charge in [-0.15, -0.1) is 0 Å². The molecule has 0 unspecified atom stereocenters. The van der Waals surface area contributed by atoms with Crippen molar-refractivity contribution >= 4 is 22.7 Å². The predicted octanol–water partition coefficient (Wildman–Crippen LogP) is 3.08. The van der Waals surface area contributed by atoms with Crippen molar-refractivity contribution in [3.63, 3.8) is 0 Å². The van der Waals surface area contributed by atoms with E-state index < -0.39 is 24.1 Å². The molecule has 0 saturated heterocycles. The van der Waals surface area contributed by atoms with Crippen molar-refractivity contribution < 1.29 is 19.1 Å². The molecule has 0 amide bonds. The summed E-state index contributed by atoms with van der Waals surface area (Å²) in [6.07, 6.45) is 2.84. The maximum absolute atomic E-state index is 12.4. The number of H-pyrrole nitrogens is 1. The highest BCUT2D eigenvalue weighted by molar-refractivity contribution is 6.02. The molecule has 0 aliphatic heterocycles. The minimum absolute atomic E-state index is 0.0330. The molecule has 1 heterocycles. The fraction of sp³-hybridized carbons (Fsp3) is 0.524. The molecular formula is C21H26N2O5. The second-order valence-corrected chi connectivity index (χ2v) is 7.88. The molecule has 7 nitrogen and oxygen atoms in total. The minimum Gasteiger partial charge on any atom is -0.460 e. The maximum Gasteiger partial charge on any atom is 0.360 e. The first-order chi connectivity index (χ1) is 13.4. The van der Waals surface area contributed by atoms with Crippen molar-refractivity contribution in [3.8, 4) is 0 Å². The molecule has 1 fully saturated rings. The van der Waals surface area contributed by atoms with Gasteiger partial charge in [-0.1, -0.05) is 45.4 Å². The van der Waals surface area contributed by atoms with Crippen molar-refractivity contribution in [2.45, 2.75) is 46.1 Å². The van der Waals surface area contributed by atoms with Crippen LogP contribution in [0.4, 0.5) is 0 Å². The summed E-state index contributed by atoms with van der Waals surface area (Å²) in [6, 6.07) is 6.60. The number of carbonyl (C=O) groups excluding carboxylic acids is 2. The van der Waals surface area contributed by atoms with Crippen molar-refractivity contribution in [1.29, 1.82) is 0 Å². The number of esters is 2. The Hall–Kier alpha value is -2.70. The maximum atomic E-state index is 12.4. The van der Waals surface area contributed by atoms with E-state index in [9.17, 15) is 14.4 Å². The van der Waals surface area contributed by atoms with Crippen LogP contribution in [0.25, 0.3) is 10.8 Å². The fourth-order valence-electron chi connectivity index (χ4n) is 3.92. The van der Waals surface area contributed by atoms with E-state index in [0.717, 1.165) is 19.3 Å². The number of ether oxygens (including phenoxy) is 2. The summed E-state index contributed by atoms with van der Waals surface area (Å²) in [4.78, 5) is 36.4. The molecule has 1 aliphatic carbocycles. The van der Waals surface area contributed by atoms with Crippen LogP contribution in [0.3, 0.4) is 0 Å². The molecule has 28 heavy (non-hydrogen) atoms. The van der Waals surface area contributed by atoms with Crippen LogP contribution in [0.15, 0.2) is 29.1 Å². The molecule has 0 spiro atoms.